The Balaban J connectivity index is 1.53. The molecule has 0 unspecified atom stereocenters. The molecule has 8 nitrogen and oxygen atoms in total. The third-order valence-corrected chi connectivity index (χ3v) is 3.61. The third-order valence-electron chi connectivity index (χ3n) is 3.61. The maximum absolute atomic E-state index is 12.0. The Kier molecular flexibility index (Phi) is 4.37. The summed E-state index contributed by atoms with van der Waals surface area (Å²) in [5.74, 6) is -0.290. The maximum Gasteiger partial charge on any atom is 0.271 e. The number of amides is 1. The van der Waals surface area contributed by atoms with Gasteiger partial charge in [0.1, 0.15) is 5.69 Å². The van der Waals surface area contributed by atoms with E-state index >= 15 is 0 Å². The Morgan fingerprint density at radius 1 is 1.29 bits per heavy atom. The Morgan fingerprint density at radius 2 is 2.12 bits per heavy atom. The fraction of sp³-hybridized carbons (Fsp3) is 0.312. The Labute approximate surface area is 138 Å². The van der Waals surface area contributed by atoms with Crippen LogP contribution in [0.1, 0.15) is 28.2 Å². The van der Waals surface area contributed by atoms with E-state index in [1.165, 1.54) is 19.2 Å². The number of carbonyl (C=O) groups is 1. The lowest BCUT2D eigenvalue weighted by atomic mass is 10.2. The molecule has 0 aliphatic carbocycles. The molecule has 24 heavy (non-hydrogen) atoms. The fourth-order valence-corrected chi connectivity index (χ4v) is 2.37. The van der Waals surface area contributed by atoms with Crippen molar-refractivity contribution in [2.24, 2.45) is 7.05 Å². The van der Waals surface area contributed by atoms with E-state index in [0.717, 1.165) is 34.4 Å². The maximum atomic E-state index is 12.0. The van der Waals surface area contributed by atoms with Crippen LogP contribution in [0.15, 0.2) is 35.4 Å². The highest BCUT2D eigenvalue weighted by Gasteiger charge is 2.08. The monoisotopic (exact) mass is 326 g/mol. The molecule has 0 bridgehead atoms. The first kappa shape index (κ1) is 15.9. The molecule has 3 rings (SSSR count). The zero-order chi connectivity index (χ0) is 17.1. The molecule has 0 atom stereocenters. The quantitative estimate of drug-likeness (QED) is 0.689. The zero-order valence-electron chi connectivity index (χ0n) is 13.6. The van der Waals surface area contributed by atoms with Crippen molar-refractivity contribution in [3.05, 3.63) is 57.9 Å². The van der Waals surface area contributed by atoms with Gasteiger partial charge in [-0.2, -0.15) is 10.2 Å². The predicted octanol–water partition coefficient (Wildman–Crippen LogP) is 0.494. The van der Waals surface area contributed by atoms with Gasteiger partial charge in [0.2, 0.25) is 0 Å². The van der Waals surface area contributed by atoms with Gasteiger partial charge in [0.25, 0.3) is 11.5 Å². The molecule has 0 aliphatic heterocycles. The van der Waals surface area contributed by atoms with Crippen molar-refractivity contribution in [3.63, 3.8) is 0 Å². The Hall–Kier alpha value is -3.03. The van der Waals surface area contributed by atoms with Gasteiger partial charge in [-0.3, -0.25) is 9.59 Å². The fourth-order valence-electron chi connectivity index (χ4n) is 2.37. The van der Waals surface area contributed by atoms with Crippen LogP contribution in [0.5, 0.6) is 0 Å². The molecular weight excluding hydrogens is 308 g/mol. The van der Waals surface area contributed by atoms with Gasteiger partial charge in [0.15, 0.2) is 5.65 Å². The van der Waals surface area contributed by atoms with E-state index in [1.807, 2.05) is 25.4 Å². The first-order valence-electron chi connectivity index (χ1n) is 7.66. The highest BCUT2D eigenvalue weighted by atomic mass is 16.2. The van der Waals surface area contributed by atoms with Crippen molar-refractivity contribution in [2.75, 3.05) is 6.54 Å². The number of hydrogen-bond acceptors (Lipinski definition) is 5. The van der Waals surface area contributed by atoms with Crippen LogP contribution >= 0.6 is 0 Å². The second-order valence-corrected chi connectivity index (χ2v) is 5.59. The van der Waals surface area contributed by atoms with Crippen molar-refractivity contribution in [1.82, 2.24) is 29.7 Å². The van der Waals surface area contributed by atoms with E-state index in [4.69, 9.17) is 0 Å². The molecule has 8 heteroatoms. The average Bonchev–Trinajstić information content (AvgIpc) is 2.93. The predicted molar refractivity (Wildman–Crippen MR) is 87.9 cm³/mol. The summed E-state index contributed by atoms with van der Waals surface area (Å²) in [6, 6.07) is 4.68. The molecule has 0 saturated heterocycles. The molecular formula is C16H18N6O2. The van der Waals surface area contributed by atoms with Crippen LogP contribution in [0.3, 0.4) is 0 Å². The van der Waals surface area contributed by atoms with E-state index in [0.29, 0.717) is 6.54 Å². The molecule has 0 aliphatic rings. The standard InChI is InChI=1S/C16H18N6O2/c1-11-8-14-18-9-12(10-22(14)19-11)4-3-7-17-16(24)13-5-6-15(23)21(2)20-13/h5-6,8-10H,3-4,7H2,1-2H3,(H,17,24). The minimum Gasteiger partial charge on any atom is -0.351 e. The van der Waals surface area contributed by atoms with Crippen LogP contribution in [0.4, 0.5) is 0 Å². The van der Waals surface area contributed by atoms with Crippen molar-refractivity contribution < 1.29 is 4.79 Å². The van der Waals surface area contributed by atoms with Gasteiger partial charge in [0.05, 0.1) is 5.69 Å². The van der Waals surface area contributed by atoms with Gasteiger partial charge in [0, 0.05) is 38.1 Å². The van der Waals surface area contributed by atoms with E-state index < -0.39 is 0 Å². The summed E-state index contributed by atoms with van der Waals surface area (Å²) >= 11 is 0. The Morgan fingerprint density at radius 3 is 2.92 bits per heavy atom. The molecule has 0 saturated carbocycles. The lowest BCUT2D eigenvalue weighted by Gasteiger charge is -2.06. The van der Waals surface area contributed by atoms with Crippen LogP contribution in [0.25, 0.3) is 5.65 Å². The number of nitrogens with zero attached hydrogens (tertiary/aromatic N) is 5. The summed E-state index contributed by atoms with van der Waals surface area (Å²) < 4.78 is 2.90. The van der Waals surface area contributed by atoms with Crippen LogP contribution in [-0.4, -0.2) is 36.8 Å². The van der Waals surface area contributed by atoms with Gasteiger partial charge in [-0.15, -0.1) is 0 Å². The van der Waals surface area contributed by atoms with E-state index in [1.54, 1.807) is 4.52 Å². The number of carbonyl (C=O) groups excluding carboxylic acids is 1. The van der Waals surface area contributed by atoms with Crippen LogP contribution in [0.2, 0.25) is 0 Å². The number of nitrogens with one attached hydrogen (secondary N) is 1. The largest absolute Gasteiger partial charge is 0.351 e. The van der Waals surface area contributed by atoms with Crippen LogP contribution < -0.4 is 10.9 Å². The molecule has 1 N–H and O–H groups in total. The summed E-state index contributed by atoms with van der Waals surface area (Å²) in [4.78, 5) is 27.6. The lowest BCUT2D eigenvalue weighted by molar-refractivity contribution is 0.0946. The molecule has 1 amide bonds. The Bertz CT molecular complexity index is 943. The minimum absolute atomic E-state index is 0.229. The average molecular weight is 326 g/mol. The third kappa shape index (κ3) is 3.48. The van der Waals surface area contributed by atoms with E-state index in [9.17, 15) is 9.59 Å². The van der Waals surface area contributed by atoms with Crippen LogP contribution in [0, 0.1) is 6.92 Å². The summed E-state index contributed by atoms with van der Waals surface area (Å²) in [6.45, 7) is 2.44. The lowest BCUT2D eigenvalue weighted by Crippen LogP contribution is -2.29. The van der Waals surface area contributed by atoms with Crippen molar-refractivity contribution in [1.29, 1.82) is 0 Å². The first-order chi connectivity index (χ1) is 11.5. The normalized spacial score (nSPS) is 10.9. The van der Waals surface area contributed by atoms with Gasteiger partial charge < -0.3 is 5.32 Å². The molecule has 0 fully saturated rings. The number of hydrogen-bond donors (Lipinski definition) is 1. The highest BCUT2D eigenvalue weighted by molar-refractivity contribution is 5.91. The highest BCUT2D eigenvalue weighted by Crippen LogP contribution is 2.06. The number of fused-ring (bicyclic) bond motifs is 1. The molecule has 124 valence electrons. The molecule has 0 radical (unpaired) electrons. The molecule has 3 heterocycles. The molecule has 0 aromatic carbocycles. The summed E-state index contributed by atoms with van der Waals surface area (Å²) in [5, 5.41) is 11.0. The second-order valence-electron chi connectivity index (χ2n) is 5.59. The topological polar surface area (TPSA) is 94.2 Å². The summed E-state index contributed by atoms with van der Waals surface area (Å²) in [6.07, 6.45) is 5.33. The summed E-state index contributed by atoms with van der Waals surface area (Å²) in [7, 11) is 1.51. The van der Waals surface area contributed by atoms with Gasteiger partial charge in [-0.05, 0) is 31.4 Å². The van der Waals surface area contributed by atoms with Crippen molar-refractivity contribution in [2.45, 2.75) is 19.8 Å². The van der Waals surface area contributed by atoms with Gasteiger partial charge >= 0.3 is 0 Å². The van der Waals surface area contributed by atoms with Crippen LogP contribution in [-0.2, 0) is 13.5 Å². The van der Waals surface area contributed by atoms with Crippen molar-refractivity contribution in [3.8, 4) is 0 Å². The number of aryl methyl sites for hydroxylation is 3. The second kappa shape index (κ2) is 6.61. The summed E-state index contributed by atoms with van der Waals surface area (Å²) in [5.41, 5.74) is 2.79. The first-order valence-corrected chi connectivity index (χ1v) is 7.66. The molecule has 3 aromatic rings. The minimum atomic E-state index is -0.290. The van der Waals surface area contributed by atoms with E-state index in [-0.39, 0.29) is 17.2 Å². The van der Waals surface area contributed by atoms with Gasteiger partial charge in [-0.25, -0.2) is 14.2 Å². The smallest absolute Gasteiger partial charge is 0.271 e. The zero-order valence-corrected chi connectivity index (χ0v) is 13.6. The SMILES string of the molecule is Cc1cc2ncc(CCCNC(=O)c3ccc(=O)n(C)n3)cn2n1. The molecule has 0 spiro atoms. The van der Waals surface area contributed by atoms with Crippen molar-refractivity contribution >= 4 is 11.6 Å². The van der Waals surface area contributed by atoms with E-state index in [2.05, 4.69) is 20.5 Å². The number of rotatable bonds is 5. The van der Waals surface area contributed by atoms with Gasteiger partial charge in [-0.1, -0.05) is 0 Å². The molecule has 3 aromatic heterocycles. The number of aromatic nitrogens is 5.